The third-order valence-corrected chi connectivity index (χ3v) is 3.61. The highest BCUT2D eigenvalue weighted by Gasteiger charge is 2.07. The van der Waals surface area contributed by atoms with Crippen LogP contribution in [0.2, 0.25) is 0 Å². The van der Waals surface area contributed by atoms with E-state index in [0.717, 1.165) is 18.9 Å². The van der Waals surface area contributed by atoms with Crippen molar-refractivity contribution in [1.82, 2.24) is 9.55 Å². The van der Waals surface area contributed by atoms with Crippen molar-refractivity contribution >= 4 is 17.3 Å². The Morgan fingerprint density at radius 1 is 1.47 bits per heavy atom. The van der Waals surface area contributed by atoms with Gasteiger partial charge < -0.3 is 9.88 Å². The van der Waals surface area contributed by atoms with Gasteiger partial charge in [0.25, 0.3) is 0 Å². The van der Waals surface area contributed by atoms with Gasteiger partial charge in [0, 0.05) is 23.3 Å². The number of hydrogen-bond acceptors (Lipinski definition) is 3. The van der Waals surface area contributed by atoms with Crippen molar-refractivity contribution in [3.63, 3.8) is 0 Å². The molecule has 4 heteroatoms. The largest absolute Gasteiger partial charge is 0.353 e. The van der Waals surface area contributed by atoms with E-state index < -0.39 is 0 Å². The number of anilines is 1. The maximum atomic E-state index is 4.35. The normalized spacial score (nSPS) is 11.1. The fraction of sp³-hybridized carbons (Fsp3) is 0.462. The molecule has 0 aliphatic heterocycles. The first kappa shape index (κ1) is 12.2. The Bertz CT molecular complexity index is 470. The molecule has 3 nitrogen and oxygen atoms in total. The smallest absolute Gasteiger partial charge is 0.203 e. The molecule has 0 aromatic carbocycles. The summed E-state index contributed by atoms with van der Waals surface area (Å²) in [6, 6.07) is 2.62. The predicted octanol–water partition coefficient (Wildman–Crippen LogP) is 3.38. The van der Waals surface area contributed by atoms with E-state index in [1.807, 2.05) is 23.7 Å². The molecule has 2 aromatic rings. The van der Waals surface area contributed by atoms with Crippen molar-refractivity contribution in [2.24, 2.45) is 0 Å². The molecule has 0 amide bonds. The van der Waals surface area contributed by atoms with Crippen molar-refractivity contribution < 1.29 is 0 Å². The van der Waals surface area contributed by atoms with Gasteiger partial charge >= 0.3 is 0 Å². The number of nitrogens with zero attached hydrogens (tertiary/aromatic N) is 2. The Morgan fingerprint density at radius 3 is 3.00 bits per heavy atom. The highest BCUT2D eigenvalue weighted by molar-refractivity contribution is 7.10. The van der Waals surface area contributed by atoms with Gasteiger partial charge in [-0.25, -0.2) is 4.98 Å². The minimum absolute atomic E-state index is 0.408. The summed E-state index contributed by atoms with van der Waals surface area (Å²) in [5.41, 5.74) is 1.44. The number of nitrogens with one attached hydrogen (secondary N) is 1. The Morgan fingerprint density at radius 2 is 2.29 bits per heavy atom. The van der Waals surface area contributed by atoms with Crippen LogP contribution in [0, 0.1) is 0 Å². The minimum atomic E-state index is 0.408. The van der Waals surface area contributed by atoms with Crippen LogP contribution >= 0.6 is 11.3 Å². The van der Waals surface area contributed by atoms with E-state index in [0.29, 0.717) is 6.04 Å². The third kappa shape index (κ3) is 2.88. The van der Waals surface area contributed by atoms with E-state index in [4.69, 9.17) is 0 Å². The van der Waals surface area contributed by atoms with Crippen LogP contribution in [0.5, 0.6) is 0 Å². The lowest BCUT2D eigenvalue weighted by Gasteiger charge is -2.12. The summed E-state index contributed by atoms with van der Waals surface area (Å²) < 4.78 is 2.17. The molecule has 0 radical (unpaired) electrons. The molecule has 0 saturated carbocycles. The molecule has 2 aromatic heterocycles. The van der Waals surface area contributed by atoms with Crippen molar-refractivity contribution in [3.05, 3.63) is 34.3 Å². The highest BCUT2D eigenvalue weighted by Crippen LogP contribution is 2.20. The summed E-state index contributed by atoms with van der Waals surface area (Å²) >= 11 is 1.82. The number of thiophene rings is 1. The van der Waals surface area contributed by atoms with Crippen LogP contribution in [0.25, 0.3) is 0 Å². The quantitative estimate of drug-likeness (QED) is 0.880. The monoisotopic (exact) mass is 249 g/mol. The van der Waals surface area contributed by atoms with Crippen LogP contribution < -0.4 is 5.32 Å². The third-order valence-electron chi connectivity index (χ3n) is 2.67. The van der Waals surface area contributed by atoms with Crippen molar-refractivity contribution in [2.75, 3.05) is 5.32 Å². The molecule has 0 aliphatic rings. The molecule has 2 rings (SSSR count). The lowest BCUT2D eigenvalue weighted by Crippen LogP contribution is -2.14. The molecule has 0 saturated heterocycles. The first-order valence-corrected chi connectivity index (χ1v) is 6.91. The second kappa shape index (κ2) is 5.36. The van der Waals surface area contributed by atoms with Gasteiger partial charge in [-0.15, -0.1) is 11.3 Å². The molecule has 0 fully saturated rings. The van der Waals surface area contributed by atoms with E-state index in [1.165, 1.54) is 10.4 Å². The zero-order chi connectivity index (χ0) is 12.3. The lowest BCUT2D eigenvalue weighted by molar-refractivity contribution is 0.777. The standard InChI is InChI=1S/C13H19N3S/c1-4-11-5-8-17-12(11)9-16-7-6-14-13(16)15-10(2)3/h5-8,10H,4,9H2,1-3H3,(H,14,15). The van der Waals surface area contributed by atoms with Crippen LogP contribution in [-0.2, 0) is 13.0 Å². The topological polar surface area (TPSA) is 29.9 Å². The fourth-order valence-corrected chi connectivity index (χ4v) is 2.78. The van der Waals surface area contributed by atoms with Gasteiger partial charge in [0.2, 0.25) is 5.95 Å². The Labute approximate surface area is 107 Å². The van der Waals surface area contributed by atoms with E-state index >= 15 is 0 Å². The average Bonchev–Trinajstić information content (AvgIpc) is 2.88. The molecular formula is C13H19N3S. The average molecular weight is 249 g/mol. The Kier molecular flexibility index (Phi) is 3.84. The number of aryl methyl sites for hydroxylation is 1. The van der Waals surface area contributed by atoms with Crippen LogP contribution in [0.4, 0.5) is 5.95 Å². The highest BCUT2D eigenvalue weighted by atomic mass is 32.1. The number of imidazole rings is 1. The molecular weight excluding hydrogens is 230 g/mol. The van der Waals surface area contributed by atoms with Gasteiger partial charge in [-0.2, -0.15) is 0 Å². The lowest BCUT2D eigenvalue weighted by atomic mass is 10.2. The summed E-state index contributed by atoms with van der Waals surface area (Å²) in [5.74, 6) is 0.954. The fourth-order valence-electron chi connectivity index (χ4n) is 1.81. The molecule has 0 atom stereocenters. The van der Waals surface area contributed by atoms with Crippen LogP contribution in [-0.4, -0.2) is 15.6 Å². The zero-order valence-electron chi connectivity index (χ0n) is 10.6. The molecule has 17 heavy (non-hydrogen) atoms. The zero-order valence-corrected chi connectivity index (χ0v) is 11.4. The van der Waals surface area contributed by atoms with Crippen molar-refractivity contribution in [1.29, 1.82) is 0 Å². The minimum Gasteiger partial charge on any atom is -0.353 e. The van der Waals surface area contributed by atoms with E-state index in [2.05, 4.69) is 47.1 Å². The summed E-state index contributed by atoms with van der Waals surface area (Å²) in [4.78, 5) is 5.78. The Balaban J connectivity index is 2.16. The first-order valence-electron chi connectivity index (χ1n) is 6.03. The number of aromatic nitrogens is 2. The molecule has 92 valence electrons. The second-order valence-electron chi connectivity index (χ2n) is 4.40. The van der Waals surface area contributed by atoms with E-state index in [-0.39, 0.29) is 0 Å². The van der Waals surface area contributed by atoms with Crippen LogP contribution in [0.15, 0.2) is 23.8 Å². The van der Waals surface area contributed by atoms with Gasteiger partial charge in [0.15, 0.2) is 0 Å². The Hall–Kier alpha value is -1.29. The van der Waals surface area contributed by atoms with Crippen molar-refractivity contribution in [3.8, 4) is 0 Å². The maximum Gasteiger partial charge on any atom is 0.203 e. The SMILES string of the molecule is CCc1ccsc1Cn1ccnc1NC(C)C. The first-order chi connectivity index (χ1) is 8.20. The maximum absolute atomic E-state index is 4.35. The molecule has 0 aliphatic carbocycles. The van der Waals surface area contributed by atoms with Gasteiger partial charge in [-0.05, 0) is 37.3 Å². The molecule has 0 bridgehead atoms. The van der Waals surface area contributed by atoms with Gasteiger partial charge in [-0.3, -0.25) is 0 Å². The van der Waals surface area contributed by atoms with Gasteiger partial charge in [-0.1, -0.05) is 6.92 Å². The summed E-state index contributed by atoms with van der Waals surface area (Å²) in [6.07, 6.45) is 4.98. The van der Waals surface area contributed by atoms with Crippen LogP contribution in [0.1, 0.15) is 31.2 Å². The van der Waals surface area contributed by atoms with Crippen LogP contribution in [0.3, 0.4) is 0 Å². The second-order valence-corrected chi connectivity index (χ2v) is 5.40. The summed E-state index contributed by atoms with van der Waals surface area (Å²) in [7, 11) is 0. The van der Waals surface area contributed by atoms with Crippen molar-refractivity contribution in [2.45, 2.75) is 39.8 Å². The predicted molar refractivity (Wildman–Crippen MR) is 73.8 cm³/mol. The van der Waals surface area contributed by atoms with E-state index in [9.17, 15) is 0 Å². The number of rotatable bonds is 5. The van der Waals surface area contributed by atoms with E-state index in [1.54, 1.807) is 0 Å². The summed E-state index contributed by atoms with van der Waals surface area (Å²) in [5, 5.41) is 5.53. The van der Waals surface area contributed by atoms with Gasteiger partial charge in [0.05, 0.1) is 6.54 Å². The van der Waals surface area contributed by atoms with Gasteiger partial charge in [0.1, 0.15) is 0 Å². The molecule has 0 spiro atoms. The number of hydrogen-bond donors (Lipinski definition) is 1. The summed E-state index contributed by atoms with van der Waals surface area (Å²) in [6.45, 7) is 7.37. The molecule has 2 heterocycles. The molecule has 1 N–H and O–H groups in total. The molecule has 0 unspecified atom stereocenters.